The molecule has 202 valence electrons. The lowest BCUT2D eigenvalue weighted by Crippen LogP contribution is -2.33. The Morgan fingerprint density at radius 3 is 2.82 bits per heavy atom. The number of aromatic nitrogens is 3. The number of fused-ring (bicyclic) bond motifs is 1. The van der Waals surface area contributed by atoms with E-state index in [1.807, 2.05) is 0 Å². The molecular formula is C28H26ClFN4O5. The van der Waals surface area contributed by atoms with Gasteiger partial charge in [-0.15, -0.1) is 0 Å². The number of benzene rings is 2. The van der Waals surface area contributed by atoms with Gasteiger partial charge in [0.05, 0.1) is 35.8 Å². The van der Waals surface area contributed by atoms with E-state index in [4.69, 9.17) is 30.5 Å². The normalized spacial score (nSPS) is 17.7. The second-order valence-corrected chi connectivity index (χ2v) is 10.1. The lowest BCUT2D eigenvalue weighted by atomic mass is 10.1. The van der Waals surface area contributed by atoms with Gasteiger partial charge >= 0.3 is 12.0 Å². The van der Waals surface area contributed by atoms with Gasteiger partial charge in [0.2, 0.25) is 0 Å². The Morgan fingerprint density at radius 2 is 2.10 bits per heavy atom. The second-order valence-electron chi connectivity index (χ2n) is 9.67. The fraction of sp³-hybridized carbons (Fsp3) is 0.321. The summed E-state index contributed by atoms with van der Waals surface area (Å²) in [4.78, 5) is 23.1. The van der Waals surface area contributed by atoms with E-state index in [1.54, 1.807) is 36.6 Å². The Morgan fingerprint density at radius 1 is 1.23 bits per heavy atom. The number of ether oxygens (including phenoxy) is 2. The van der Waals surface area contributed by atoms with Crippen molar-refractivity contribution in [1.29, 1.82) is 0 Å². The van der Waals surface area contributed by atoms with Gasteiger partial charge in [0.25, 0.3) is 0 Å². The number of hydrogen-bond donors (Lipinski definition) is 1. The predicted octanol–water partition coefficient (Wildman–Crippen LogP) is 5.17. The molecule has 1 N–H and O–H groups in total. The van der Waals surface area contributed by atoms with Crippen molar-refractivity contribution < 1.29 is 28.2 Å². The SMILES string of the molecule is O=C(O)c1ccc2nc(CN3CC=C(c4coc(OCc5ccc(Cl)cc5F)n4)CC3)n(C[C@@H]3CCO3)c2c1. The molecule has 1 fully saturated rings. The molecule has 2 aliphatic rings. The van der Waals surface area contributed by atoms with E-state index in [0.29, 0.717) is 35.9 Å². The van der Waals surface area contributed by atoms with E-state index in [-0.39, 0.29) is 24.4 Å². The highest BCUT2D eigenvalue weighted by Gasteiger charge is 2.24. The molecule has 0 bridgehead atoms. The maximum absolute atomic E-state index is 14.0. The topological polar surface area (TPSA) is 103 Å². The number of nitrogens with zero attached hydrogens (tertiary/aromatic N) is 4. The van der Waals surface area contributed by atoms with E-state index in [0.717, 1.165) is 48.4 Å². The number of imidazole rings is 1. The molecule has 2 aromatic heterocycles. The van der Waals surface area contributed by atoms with Crippen LogP contribution in [0.5, 0.6) is 6.08 Å². The van der Waals surface area contributed by atoms with Gasteiger partial charge in [0.15, 0.2) is 0 Å². The molecule has 6 rings (SSSR count). The van der Waals surface area contributed by atoms with Crippen molar-refractivity contribution in [2.45, 2.75) is 38.6 Å². The van der Waals surface area contributed by atoms with Crippen molar-refractivity contribution in [3.63, 3.8) is 0 Å². The Hall–Kier alpha value is -3.73. The molecule has 1 saturated heterocycles. The lowest BCUT2D eigenvalue weighted by molar-refractivity contribution is -0.0591. The minimum atomic E-state index is -0.960. The molecule has 0 radical (unpaired) electrons. The molecule has 0 unspecified atom stereocenters. The fourth-order valence-electron chi connectivity index (χ4n) is 4.80. The molecule has 2 aromatic carbocycles. The summed E-state index contributed by atoms with van der Waals surface area (Å²) in [7, 11) is 0. The van der Waals surface area contributed by atoms with Crippen LogP contribution < -0.4 is 4.74 Å². The zero-order valence-electron chi connectivity index (χ0n) is 21.0. The first-order chi connectivity index (χ1) is 18.9. The highest BCUT2D eigenvalue weighted by Crippen LogP contribution is 2.27. The van der Waals surface area contributed by atoms with Crippen LogP contribution in [0.3, 0.4) is 0 Å². The van der Waals surface area contributed by atoms with E-state index in [9.17, 15) is 14.3 Å². The monoisotopic (exact) mass is 552 g/mol. The maximum atomic E-state index is 14.0. The van der Waals surface area contributed by atoms with Gasteiger partial charge in [-0.25, -0.2) is 14.2 Å². The van der Waals surface area contributed by atoms with Gasteiger partial charge in [-0.05, 0) is 48.7 Å². The first kappa shape index (κ1) is 25.5. The number of halogens is 2. The van der Waals surface area contributed by atoms with Crippen molar-refractivity contribution in [3.8, 4) is 6.08 Å². The quantitative estimate of drug-likeness (QED) is 0.303. The Balaban J connectivity index is 1.13. The first-order valence-electron chi connectivity index (χ1n) is 12.7. The fourth-order valence-corrected chi connectivity index (χ4v) is 4.96. The van der Waals surface area contributed by atoms with Crippen molar-refractivity contribution >= 4 is 34.2 Å². The third kappa shape index (κ3) is 5.54. The van der Waals surface area contributed by atoms with Crippen molar-refractivity contribution in [3.05, 3.63) is 82.2 Å². The molecule has 39 heavy (non-hydrogen) atoms. The number of hydrogen-bond acceptors (Lipinski definition) is 7. The molecular weight excluding hydrogens is 527 g/mol. The van der Waals surface area contributed by atoms with Crippen molar-refractivity contribution in [2.24, 2.45) is 0 Å². The Bertz CT molecular complexity index is 1560. The smallest absolute Gasteiger partial charge is 0.394 e. The summed E-state index contributed by atoms with van der Waals surface area (Å²) in [5.74, 6) is -0.523. The highest BCUT2D eigenvalue weighted by atomic mass is 35.5. The van der Waals surface area contributed by atoms with Crippen LogP contribution in [-0.4, -0.2) is 56.3 Å². The van der Waals surface area contributed by atoms with Gasteiger partial charge in [0.1, 0.15) is 30.2 Å². The largest absolute Gasteiger partial charge is 0.478 e. The van der Waals surface area contributed by atoms with Gasteiger partial charge in [0, 0.05) is 30.3 Å². The molecule has 9 nitrogen and oxygen atoms in total. The highest BCUT2D eigenvalue weighted by molar-refractivity contribution is 6.30. The number of carboxylic acid groups (broad SMARTS) is 1. The summed E-state index contributed by atoms with van der Waals surface area (Å²) in [6.45, 7) is 3.47. The summed E-state index contributed by atoms with van der Waals surface area (Å²) >= 11 is 5.80. The molecule has 0 amide bonds. The van der Waals surface area contributed by atoms with Crippen LogP contribution in [0.25, 0.3) is 16.6 Å². The minimum absolute atomic E-state index is 0.0172. The van der Waals surface area contributed by atoms with Gasteiger partial charge < -0.3 is 23.6 Å². The first-order valence-corrected chi connectivity index (χ1v) is 13.1. The molecule has 4 heterocycles. The van der Waals surface area contributed by atoms with Crippen LogP contribution in [0.4, 0.5) is 4.39 Å². The molecule has 1 atom stereocenters. The molecule has 2 aliphatic heterocycles. The van der Waals surface area contributed by atoms with Gasteiger partial charge in [-0.1, -0.05) is 23.7 Å². The minimum Gasteiger partial charge on any atom is -0.478 e. The van der Waals surface area contributed by atoms with Crippen LogP contribution in [0, 0.1) is 5.82 Å². The number of carbonyl (C=O) groups is 1. The third-order valence-corrected chi connectivity index (χ3v) is 7.33. The zero-order chi connectivity index (χ0) is 26.9. The van der Waals surface area contributed by atoms with E-state index < -0.39 is 11.8 Å². The van der Waals surface area contributed by atoms with Crippen molar-refractivity contribution in [1.82, 2.24) is 19.4 Å². The summed E-state index contributed by atoms with van der Waals surface area (Å²) in [6.07, 6.45) is 5.58. The standard InChI is InChI=1S/C28H26ClFN4O5/c29-20-3-1-19(22(30)12-20)15-38-28-32-24(16-39-28)17-5-8-33(9-6-17)14-26-31-23-4-2-18(27(35)36)11-25(23)34(26)13-21-7-10-37-21/h1-5,11-12,16,21H,6-10,13-15H2,(H,35,36)/t21-/m0/s1. The molecule has 4 aromatic rings. The van der Waals surface area contributed by atoms with E-state index >= 15 is 0 Å². The number of carboxylic acids is 1. The van der Waals surface area contributed by atoms with E-state index in [2.05, 4.69) is 20.5 Å². The maximum Gasteiger partial charge on any atom is 0.394 e. The molecule has 0 aliphatic carbocycles. The lowest BCUT2D eigenvalue weighted by Gasteiger charge is -2.29. The third-order valence-electron chi connectivity index (χ3n) is 7.09. The molecule has 0 spiro atoms. The second kappa shape index (κ2) is 10.8. The summed E-state index contributed by atoms with van der Waals surface area (Å²) in [6, 6.07) is 9.45. The van der Waals surface area contributed by atoms with Crippen LogP contribution in [-0.2, 0) is 24.4 Å². The van der Waals surface area contributed by atoms with Gasteiger partial charge in [-0.2, -0.15) is 4.98 Å². The van der Waals surface area contributed by atoms with Crippen LogP contribution in [0.15, 0.2) is 53.2 Å². The summed E-state index contributed by atoms with van der Waals surface area (Å²) < 4.78 is 32.7. The molecule has 11 heteroatoms. The van der Waals surface area contributed by atoms with Crippen molar-refractivity contribution in [2.75, 3.05) is 19.7 Å². The zero-order valence-corrected chi connectivity index (χ0v) is 21.7. The number of oxazole rings is 1. The van der Waals surface area contributed by atoms with E-state index in [1.165, 1.54) is 6.07 Å². The summed E-state index contributed by atoms with van der Waals surface area (Å²) in [5, 5.41) is 9.78. The Labute approximate surface area is 228 Å². The number of rotatable bonds is 9. The van der Waals surface area contributed by atoms with Gasteiger partial charge in [-0.3, -0.25) is 4.90 Å². The average molecular weight is 553 g/mol. The van der Waals surface area contributed by atoms with Crippen LogP contribution in [0.2, 0.25) is 5.02 Å². The number of aromatic carboxylic acids is 1. The van der Waals surface area contributed by atoms with Crippen LogP contribution >= 0.6 is 11.6 Å². The molecule has 0 saturated carbocycles. The van der Waals surface area contributed by atoms with Crippen LogP contribution in [0.1, 0.15) is 40.3 Å². The Kier molecular flexibility index (Phi) is 7.07. The predicted molar refractivity (Wildman–Crippen MR) is 141 cm³/mol. The average Bonchev–Trinajstić information content (AvgIpc) is 3.50. The summed E-state index contributed by atoms with van der Waals surface area (Å²) in [5.41, 5.74) is 3.92.